The van der Waals surface area contributed by atoms with Crippen molar-refractivity contribution in [3.8, 4) is 0 Å². The van der Waals surface area contributed by atoms with Gasteiger partial charge in [-0.3, -0.25) is 4.79 Å². The minimum absolute atomic E-state index is 0.390. The Morgan fingerprint density at radius 2 is 2.36 bits per heavy atom. The highest BCUT2D eigenvalue weighted by Crippen LogP contribution is 2.29. The summed E-state index contributed by atoms with van der Waals surface area (Å²) in [6.07, 6.45) is 6.31. The van der Waals surface area contributed by atoms with Crippen molar-refractivity contribution < 1.29 is 9.53 Å². The van der Waals surface area contributed by atoms with Gasteiger partial charge in [0.05, 0.1) is 18.5 Å². The zero-order valence-electron chi connectivity index (χ0n) is 8.40. The van der Waals surface area contributed by atoms with Crippen molar-refractivity contribution in [2.24, 2.45) is 10.9 Å². The van der Waals surface area contributed by atoms with Crippen molar-refractivity contribution in [3.05, 3.63) is 24.1 Å². The first kappa shape index (κ1) is 10.7. The third kappa shape index (κ3) is 4.03. The summed E-state index contributed by atoms with van der Waals surface area (Å²) in [4.78, 5) is 14.3. The number of ether oxygens (including phenoxy) is 1. The molecule has 0 heterocycles. The highest BCUT2D eigenvalue weighted by molar-refractivity contribution is 5.82. The van der Waals surface area contributed by atoms with Crippen LogP contribution < -0.4 is 0 Å². The van der Waals surface area contributed by atoms with Gasteiger partial charge >= 0.3 is 0 Å². The standard InChI is InChI=1S/C11H15NO2/c1-3-11(7-13)12-6-9(2)14-8-10-4-5-10/h3,6-7,10H,2,4-5,8H2,1H3/b11-3-,12-6?. The lowest BCUT2D eigenvalue weighted by Gasteiger charge is -2.02. The van der Waals surface area contributed by atoms with Gasteiger partial charge < -0.3 is 4.74 Å². The van der Waals surface area contributed by atoms with Crippen LogP contribution in [-0.4, -0.2) is 19.1 Å². The molecule has 0 aliphatic heterocycles. The zero-order valence-corrected chi connectivity index (χ0v) is 8.40. The van der Waals surface area contributed by atoms with Crippen LogP contribution in [-0.2, 0) is 9.53 Å². The van der Waals surface area contributed by atoms with Gasteiger partial charge in [0.2, 0.25) is 0 Å². The molecule has 14 heavy (non-hydrogen) atoms. The Balaban J connectivity index is 2.26. The Labute approximate surface area is 84.2 Å². The zero-order chi connectivity index (χ0) is 10.4. The predicted molar refractivity (Wildman–Crippen MR) is 56.1 cm³/mol. The van der Waals surface area contributed by atoms with Crippen molar-refractivity contribution in [1.29, 1.82) is 0 Å². The largest absolute Gasteiger partial charge is 0.492 e. The Morgan fingerprint density at radius 1 is 1.64 bits per heavy atom. The number of allylic oxidation sites excluding steroid dienone is 3. The average molecular weight is 193 g/mol. The molecule has 0 atom stereocenters. The van der Waals surface area contributed by atoms with E-state index in [1.165, 1.54) is 19.1 Å². The van der Waals surface area contributed by atoms with Crippen molar-refractivity contribution in [2.75, 3.05) is 6.61 Å². The average Bonchev–Trinajstić information content (AvgIpc) is 3.00. The van der Waals surface area contributed by atoms with Gasteiger partial charge in [0.25, 0.3) is 0 Å². The molecule has 0 aromatic heterocycles. The van der Waals surface area contributed by atoms with E-state index >= 15 is 0 Å². The van der Waals surface area contributed by atoms with Gasteiger partial charge in [-0.25, -0.2) is 4.99 Å². The molecule has 1 rings (SSSR count). The van der Waals surface area contributed by atoms with E-state index in [1.54, 1.807) is 13.0 Å². The second-order valence-corrected chi connectivity index (χ2v) is 3.31. The van der Waals surface area contributed by atoms with Gasteiger partial charge in [0.1, 0.15) is 5.76 Å². The lowest BCUT2D eigenvalue weighted by Crippen LogP contribution is -1.96. The maximum absolute atomic E-state index is 10.4. The van der Waals surface area contributed by atoms with Crippen LogP contribution in [0.4, 0.5) is 0 Å². The molecular formula is C11H15NO2. The molecule has 0 amide bonds. The minimum Gasteiger partial charge on any atom is -0.492 e. The SMILES string of the molecule is C=C(C=N/C(C=O)=C\C)OCC1CC1. The highest BCUT2D eigenvalue weighted by atomic mass is 16.5. The number of carbonyl (C=O) groups is 1. The van der Waals surface area contributed by atoms with Gasteiger partial charge in [0, 0.05) is 0 Å². The molecule has 1 aliphatic carbocycles. The molecular weight excluding hydrogens is 178 g/mol. The quantitative estimate of drug-likeness (QED) is 0.280. The van der Waals surface area contributed by atoms with Gasteiger partial charge in [-0.15, -0.1) is 0 Å². The number of aliphatic imine (C=N–C) groups is 1. The second-order valence-electron chi connectivity index (χ2n) is 3.31. The van der Waals surface area contributed by atoms with E-state index in [0.29, 0.717) is 23.7 Å². The van der Waals surface area contributed by atoms with Crippen LogP contribution in [0.25, 0.3) is 0 Å². The molecule has 1 aliphatic rings. The van der Waals surface area contributed by atoms with Gasteiger partial charge in [-0.05, 0) is 25.7 Å². The summed E-state index contributed by atoms with van der Waals surface area (Å²) in [7, 11) is 0. The van der Waals surface area contributed by atoms with Crippen LogP contribution in [0.1, 0.15) is 19.8 Å². The first-order chi connectivity index (χ1) is 6.76. The summed E-state index contributed by atoms with van der Waals surface area (Å²) in [6.45, 7) is 6.16. The van der Waals surface area contributed by atoms with E-state index in [4.69, 9.17) is 4.74 Å². The fourth-order valence-electron chi connectivity index (χ4n) is 0.866. The van der Waals surface area contributed by atoms with Crippen LogP contribution in [0.3, 0.4) is 0 Å². The number of aldehydes is 1. The van der Waals surface area contributed by atoms with Crippen LogP contribution >= 0.6 is 0 Å². The molecule has 0 spiro atoms. The monoisotopic (exact) mass is 193 g/mol. The van der Waals surface area contributed by atoms with Crippen molar-refractivity contribution >= 4 is 12.5 Å². The fraction of sp³-hybridized carbons (Fsp3) is 0.455. The molecule has 0 N–H and O–H groups in total. The maximum atomic E-state index is 10.4. The maximum Gasteiger partial charge on any atom is 0.168 e. The number of rotatable bonds is 6. The van der Waals surface area contributed by atoms with E-state index in [2.05, 4.69) is 11.6 Å². The van der Waals surface area contributed by atoms with E-state index < -0.39 is 0 Å². The Kier molecular flexibility index (Phi) is 4.11. The van der Waals surface area contributed by atoms with Crippen LogP contribution in [0.5, 0.6) is 0 Å². The second kappa shape index (κ2) is 5.37. The summed E-state index contributed by atoms with van der Waals surface area (Å²) in [5.74, 6) is 1.21. The Morgan fingerprint density at radius 3 is 2.86 bits per heavy atom. The smallest absolute Gasteiger partial charge is 0.168 e. The van der Waals surface area contributed by atoms with E-state index in [0.717, 1.165) is 6.61 Å². The summed E-state index contributed by atoms with van der Waals surface area (Å²) in [5, 5.41) is 0. The third-order valence-electron chi connectivity index (χ3n) is 1.98. The van der Waals surface area contributed by atoms with Gasteiger partial charge in [-0.1, -0.05) is 12.7 Å². The topological polar surface area (TPSA) is 38.7 Å². The number of nitrogens with zero attached hydrogens (tertiary/aromatic N) is 1. The number of carbonyl (C=O) groups excluding carboxylic acids is 1. The van der Waals surface area contributed by atoms with Crippen LogP contribution in [0, 0.1) is 5.92 Å². The van der Waals surface area contributed by atoms with Crippen molar-refractivity contribution in [2.45, 2.75) is 19.8 Å². The molecule has 3 heteroatoms. The van der Waals surface area contributed by atoms with Crippen LogP contribution in [0.15, 0.2) is 29.1 Å². The van der Waals surface area contributed by atoms with Crippen molar-refractivity contribution in [3.63, 3.8) is 0 Å². The molecule has 0 radical (unpaired) electrons. The van der Waals surface area contributed by atoms with Gasteiger partial charge in [0.15, 0.2) is 6.29 Å². The summed E-state index contributed by atoms with van der Waals surface area (Å²) in [6, 6.07) is 0. The molecule has 0 saturated heterocycles. The molecule has 0 aromatic carbocycles. The van der Waals surface area contributed by atoms with E-state index in [1.807, 2.05) is 0 Å². The minimum atomic E-state index is 0.390. The molecule has 0 aromatic rings. The number of hydrogen-bond acceptors (Lipinski definition) is 3. The third-order valence-corrected chi connectivity index (χ3v) is 1.98. The lowest BCUT2D eigenvalue weighted by molar-refractivity contribution is -0.104. The Hall–Kier alpha value is -1.38. The summed E-state index contributed by atoms with van der Waals surface area (Å²) < 4.78 is 5.32. The molecule has 76 valence electrons. The first-order valence-corrected chi connectivity index (χ1v) is 4.73. The molecule has 1 fully saturated rings. The summed E-state index contributed by atoms with van der Waals surface area (Å²) >= 11 is 0. The predicted octanol–water partition coefficient (Wildman–Crippen LogP) is 2.10. The molecule has 3 nitrogen and oxygen atoms in total. The van der Waals surface area contributed by atoms with Gasteiger partial charge in [-0.2, -0.15) is 0 Å². The van der Waals surface area contributed by atoms with E-state index in [-0.39, 0.29) is 0 Å². The van der Waals surface area contributed by atoms with Crippen molar-refractivity contribution in [1.82, 2.24) is 0 Å². The van der Waals surface area contributed by atoms with E-state index in [9.17, 15) is 4.79 Å². The first-order valence-electron chi connectivity index (χ1n) is 4.73. The number of hydrogen-bond donors (Lipinski definition) is 0. The molecule has 1 saturated carbocycles. The highest BCUT2D eigenvalue weighted by Gasteiger charge is 2.21. The molecule has 0 unspecified atom stereocenters. The van der Waals surface area contributed by atoms with Crippen LogP contribution in [0.2, 0.25) is 0 Å². The fourth-order valence-corrected chi connectivity index (χ4v) is 0.866. The lowest BCUT2D eigenvalue weighted by atomic mass is 10.4. The molecule has 0 bridgehead atoms. The Bertz CT molecular complexity index is 275. The normalized spacial score (nSPS) is 17.1. The summed E-state index contributed by atoms with van der Waals surface area (Å²) in [5.41, 5.74) is 0.390.